The largest absolute Gasteiger partial charge is 0.416 e. The maximum absolute atomic E-state index is 13.0. The van der Waals surface area contributed by atoms with Gasteiger partial charge in [-0.3, -0.25) is 14.5 Å². The van der Waals surface area contributed by atoms with Crippen LogP contribution in [0.4, 0.5) is 24.5 Å². The van der Waals surface area contributed by atoms with E-state index in [1.54, 1.807) is 23.1 Å². The van der Waals surface area contributed by atoms with Crippen LogP contribution >= 0.6 is 11.8 Å². The molecular formula is C25H21F3N2O2S. The summed E-state index contributed by atoms with van der Waals surface area (Å²) in [6.45, 7) is 2.06. The van der Waals surface area contributed by atoms with Gasteiger partial charge >= 0.3 is 6.18 Å². The fourth-order valence-corrected chi connectivity index (χ4v) is 4.82. The first-order valence-corrected chi connectivity index (χ1v) is 11.4. The van der Waals surface area contributed by atoms with Crippen molar-refractivity contribution in [2.45, 2.75) is 24.9 Å². The van der Waals surface area contributed by atoms with Crippen molar-refractivity contribution in [2.75, 3.05) is 16.0 Å². The molecule has 1 aliphatic heterocycles. The molecule has 0 spiro atoms. The Balaban J connectivity index is 1.56. The minimum Gasteiger partial charge on any atom is -0.322 e. The van der Waals surface area contributed by atoms with Crippen molar-refractivity contribution in [1.82, 2.24) is 0 Å². The van der Waals surface area contributed by atoms with Gasteiger partial charge in [-0.05, 0) is 60.0 Å². The van der Waals surface area contributed by atoms with E-state index in [1.165, 1.54) is 29.5 Å². The summed E-state index contributed by atoms with van der Waals surface area (Å²) in [6.07, 6.45) is -3.62. The van der Waals surface area contributed by atoms with Crippen LogP contribution in [-0.4, -0.2) is 17.6 Å². The number of benzene rings is 3. The highest BCUT2D eigenvalue weighted by atomic mass is 32.2. The SMILES string of the molecule is CCc1ccc(N2C(=O)CSC2c2cccc(NC(=O)c3cccc(C(F)(F)F)c3)c2)cc1. The lowest BCUT2D eigenvalue weighted by Gasteiger charge is -2.25. The predicted octanol–water partition coefficient (Wildman–Crippen LogP) is 6.30. The van der Waals surface area contributed by atoms with Crippen molar-refractivity contribution in [1.29, 1.82) is 0 Å². The van der Waals surface area contributed by atoms with E-state index < -0.39 is 17.6 Å². The smallest absolute Gasteiger partial charge is 0.322 e. The van der Waals surface area contributed by atoms with Crippen molar-refractivity contribution >= 4 is 35.0 Å². The quantitative estimate of drug-likeness (QED) is 0.476. The number of carbonyl (C=O) groups is 2. The van der Waals surface area contributed by atoms with Crippen molar-refractivity contribution in [3.8, 4) is 0 Å². The van der Waals surface area contributed by atoms with E-state index in [9.17, 15) is 22.8 Å². The second-order valence-corrected chi connectivity index (χ2v) is 8.67. The third-order valence-corrected chi connectivity index (χ3v) is 6.58. The zero-order chi connectivity index (χ0) is 23.6. The van der Waals surface area contributed by atoms with Crippen LogP contribution in [0.25, 0.3) is 0 Å². The molecule has 3 aromatic rings. The normalized spacial score (nSPS) is 16.2. The van der Waals surface area contributed by atoms with Gasteiger partial charge in [-0.1, -0.05) is 37.3 Å². The van der Waals surface area contributed by atoms with E-state index in [4.69, 9.17) is 0 Å². The maximum atomic E-state index is 13.0. The Labute approximate surface area is 193 Å². The molecule has 1 aliphatic rings. The van der Waals surface area contributed by atoms with Gasteiger partial charge in [0.2, 0.25) is 5.91 Å². The van der Waals surface area contributed by atoms with Gasteiger partial charge in [0.05, 0.1) is 11.3 Å². The predicted molar refractivity (Wildman–Crippen MR) is 124 cm³/mol. The van der Waals surface area contributed by atoms with Crippen LogP contribution in [0.2, 0.25) is 0 Å². The molecule has 0 aliphatic carbocycles. The highest BCUT2D eigenvalue weighted by molar-refractivity contribution is 8.00. The molecule has 4 rings (SSSR count). The zero-order valence-electron chi connectivity index (χ0n) is 17.7. The molecule has 1 N–H and O–H groups in total. The molecule has 4 nitrogen and oxygen atoms in total. The standard InChI is InChI=1S/C25H21F3N2O2S/c1-2-16-9-11-21(12-10-16)30-22(31)15-33-24(30)18-6-4-8-20(14-18)29-23(32)17-5-3-7-19(13-17)25(26,27)28/h3-14,24H,2,15H2,1H3,(H,29,32). The topological polar surface area (TPSA) is 49.4 Å². The fraction of sp³-hybridized carbons (Fsp3) is 0.200. The van der Waals surface area contributed by atoms with Crippen molar-refractivity contribution in [3.63, 3.8) is 0 Å². The Kier molecular flexibility index (Phi) is 6.47. The van der Waals surface area contributed by atoms with Crippen molar-refractivity contribution < 1.29 is 22.8 Å². The molecule has 1 fully saturated rings. The lowest BCUT2D eigenvalue weighted by Crippen LogP contribution is -2.27. The van der Waals surface area contributed by atoms with Gasteiger partial charge in [-0.2, -0.15) is 13.2 Å². The van der Waals surface area contributed by atoms with E-state index >= 15 is 0 Å². The molecule has 3 aromatic carbocycles. The third kappa shape index (κ3) is 5.06. The van der Waals surface area contributed by atoms with Crippen LogP contribution in [0, 0.1) is 0 Å². The summed E-state index contributed by atoms with van der Waals surface area (Å²) in [6, 6.07) is 19.2. The Bertz CT molecular complexity index is 1180. The molecule has 2 amide bonds. The molecule has 33 heavy (non-hydrogen) atoms. The zero-order valence-corrected chi connectivity index (χ0v) is 18.5. The molecule has 170 valence electrons. The van der Waals surface area contributed by atoms with E-state index in [1.807, 2.05) is 30.3 Å². The van der Waals surface area contributed by atoms with Gasteiger partial charge in [0.15, 0.2) is 0 Å². The van der Waals surface area contributed by atoms with Gasteiger partial charge in [0, 0.05) is 16.9 Å². The number of nitrogens with one attached hydrogen (secondary N) is 1. The van der Waals surface area contributed by atoms with Gasteiger partial charge in [-0.15, -0.1) is 11.8 Å². The summed E-state index contributed by atoms with van der Waals surface area (Å²) >= 11 is 1.48. The van der Waals surface area contributed by atoms with Crippen molar-refractivity contribution in [2.24, 2.45) is 0 Å². The molecule has 1 atom stereocenters. The first-order valence-electron chi connectivity index (χ1n) is 10.4. The monoisotopic (exact) mass is 470 g/mol. The maximum Gasteiger partial charge on any atom is 0.416 e. The summed E-state index contributed by atoms with van der Waals surface area (Å²) in [5, 5.41) is 2.39. The number of carbonyl (C=O) groups excluding carboxylic acids is 2. The number of hydrogen-bond donors (Lipinski definition) is 1. The van der Waals surface area contributed by atoms with Gasteiger partial charge < -0.3 is 5.32 Å². The fourth-order valence-electron chi connectivity index (χ4n) is 3.65. The number of amides is 2. The number of rotatable bonds is 5. The van der Waals surface area contributed by atoms with Gasteiger partial charge in [0.25, 0.3) is 5.91 Å². The number of anilines is 2. The number of hydrogen-bond acceptors (Lipinski definition) is 3. The lowest BCUT2D eigenvalue weighted by molar-refractivity contribution is -0.137. The second kappa shape index (κ2) is 9.31. The Morgan fingerprint density at radius 1 is 1.06 bits per heavy atom. The van der Waals surface area contributed by atoms with Crippen LogP contribution < -0.4 is 10.2 Å². The molecule has 8 heteroatoms. The number of thioether (sulfide) groups is 1. The summed E-state index contributed by atoms with van der Waals surface area (Å²) in [7, 11) is 0. The van der Waals surface area contributed by atoms with Crippen LogP contribution in [0.5, 0.6) is 0 Å². The molecule has 0 aromatic heterocycles. The molecule has 1 saturated heterocycles. The average molecular weight is 471 g/mol. The highest BCUT2D eigenvalue weighted by Gasteiger charge is 2.34. The number of alkyl halides is 3. The van der Waals surface area contributed by atoms with Gasteiger partial charge in [0.1, 0.15) is 5.37 Å². The minimum atomic E-state index is -4.53. The van der Waals surface area contributed by atoms with Gasteiger partial charge in [-0.25, -0.2) is 0 Å². The Hall–Kier alpha value is -3.26. The summed E-state index contributed by atoms with van der Waals surface area (Å²) in [4.78, 5) is 26.9. The van der Waals surface area contributed by atoms with E-state index in [-0.39, 0.29) is 16.8 Å². The number of nitrogens with zero attached hydrogens (tertiary/aromatic N) is 1. The van der Waals surface area contributed by atoms with E-state index in [0.717, 1.165) is 29.8 Å². The molecular weight excluding hydrogens is 449 g/mol. The van der Waals surface area contributed by atoms with Crippen LogP contribution in [0.15, 0.2) is 72.8 Å². The minimum absolute atomic E-state index is 0.00680. The van der Waals surface area contributed by atoms with Crippen LogP contribution in [0.1, 0.15) is 39.3 Å². The summed E-state index contributed by atoms with van der Waals surface area (Å²) in [5.74, 6) is -0.311. The third-order valence-electron chi connectivity index (χ3n) is 5.37. The Morgan fingerprint density at radius 2 is 1.79 bits per heavy atom. The average Bonchev–Trinajstić information content (AvgIpc) is 3.20. The first-order chi connectivity index (χ1) is 15.8. The highest BCUT2D eigenvalue weighted by Crippen LogP contribution is 2.42. The van der Waals surface area contributed by atoms with E-state index in [2.05, 4.69) is 12.2 Å². The van der Waals surface area contributed by atoms with E-state index in [0.29, 0.717) is 11.4 Å². The molecule has 0 saturated carbocycles. The summed E-state index contributed by atoms with van der Waals surface area (Å²) in [5.41, 5.74) is 2.26. The molecule has 1 heterocycles. The summed E-state index contributed by atoms with van der Waals surface area (Å²) < 4.78 is 38.9. The van der Waals surface area contributed by atoms with Crippen LogP contribution in [-0.2, 0) is 17.4 Å². The molecule has 0 radical (unpaired) electrons. The Morgan fingerprint density at radius 3 is 2.48 bits per heavy atom. The first kappa shape index (κ1) is 22.9. The molecule has 1 unspecified atom stereocenters. The van der Waals surface area contributed by atoms with Crippen LogP contribution in [0.3, 0.4) is 0 Å². The number of halogens is 3. The lowest BCUT2D eigenvalue weighted by atomic mass is 10.1. The number of aryl methyl sites for hydroxylation is 1. The second-order valence-electron chi connectivity index (χ2n) is 7.61. The molecule has 0 bridgehead atoms. The van der Waals surface area contributed by atoms with Crippen molar-refractivity contribution in [3.05, 3.63) is 95.1 Å².